The van der Waals surface area contributed by atoms with Gasteiger partial charge in [-0.3, -0.25) is 0 Å². The molecule has 0 heterocycles. The lowest BCUT2D eigenvalue weighted by molar-refractivity contribution is 0.102. The Balaban J connectivity index is 0.00000529. The average molecular weight is 664 g/mol. The van der Waals surface area contributed by atoms with Gasteiger partial charge in [-0.2, -0.15) is 0 Å². The number of rotatable bonds is 10. The monoisotopic (exact) mass is 659 g/mol. The van der Waals surface area contributed by atoms with Crippen LogP contribution in [0.4, 0.5) is 0 Å². The van der Waals surface area contributed by atoms with Gasteiger partial charge in [-0.05, 0) is 44.0 Å². The van der Waals surface area contributed by atoms with Crippen molar-refractivity contribution in [2.75, 3.05) is 25.1 Å². The van der Waals surface area contributed by atoms with Crippen molar-refractivity contribution < 1.29 is 14.6 Å². The van der Waals surface area contributed by atoms with Gasteiger partial charge in [0.2, 0.25) is 0 Å². The van der Waals surface area contributed by atoms with Crippen LogP contribution in [-0.2, 0) is 0 Å². The normalized spacial score (nSPS) is 13.3. The number of hydrogen-bond acceptors (Lipinski definition) is 4. The summed E-state index contributed by atoms with van der Waals surface area (Å²) in [6.45, 7) is 5.25. The van der Waals surface area contributed by atoms with Gasteiger partial charge in [-0.15, -0.1) is 17.0 Å². The zero-order valence-corrected chi connectivity index (χ0v) is 21.5. The summed E-state index contributed by atoms with van der Waals surface area (Å²) >= 11 is 13.8. The molecule has 0 fully saturated rings. The molecule has 0 amide bonds. The maximum Gasteiger partial charge on any atom is 0.162 e. The SMILES string of the molecule is Br.CC(C)NCC(O)COc1cc(Br)c(Br)cc1OCC(Br)CBr. The highest BCUT2D eigenvalue weighted by atomic mass is 79.9. The molecule has 2 atom stereocenters. The second-order valence-electron chi connectivity index (χ2n) is 5.30. The van der Waals surface area contributed by atoms with Crippen molar-refractivity contribution in [3.63, 3.8) is 0 Å². The third-order valence-electron chi connectivity index (χ3n) is 2.77. The van der Waals surface area contributed by atoms with E-state index >= 15 is 0 Å². The zero-order valence-electron chi connectivity index (χ0n) is 13.4. The van der Waals surface area contributed by atoms with Crippen LogP contribution in [0.1, 0.15) is 13.8 Å². The van der Waals surface area contributed by atoms with E-state index in [4.69, 9.17) is 9.47 Å². The topological polar surface area (TPSA) is 50.7 Å². The smallest absolute Gasteiger partial charge is 0.162 e. The van der Waals surface area contributed by atoms with Crippen LogP contribution in [0.2, 0.25) is 0 Å². The van der Waals surface area contributed by atoms with E-state index in [1.165, 1.54) is 0 Å². The summed E-state index contributed by atoms with van der Waals surface area (Å²) in [4.78, 5) is 0.207. The van der Waals surface area contributed by atoms with Gasteiger partial charge >= 0.3 is 0 Å². The maximum absolute atomic E-state index is 9.97. The minimum absolute atomic E-state index is 0. The van der Waals surface area contributed by atoms with Crippen molar-refractivity contribution in [3.05, 3.63) is 21.1 Å². The third-order valence-corrected chi connectivity index (χ3v) is 6.85. The van der Waals surface area contributed by atoms with Gasteiger partial charge in [0.25, 0.3) is 0 Å². The molecule has 24 heavy (non-hydrogen) atoms. The number of alkyl halides is 2. The summed E-state index contributed by atoms with van der Waals surface area (Å²) in [7, 11) is 0. The largest absolute Gasteiger partial charge is 0.488 e. The number of aliphatic hydroxyl groups excluding tert-OH is 1. The minimum Gasteiger partial charge on any atom is -0.488 e. The van der Waals surface area contributed by atoms with Gasteiger partial charge in [0.05, 0.1) is 4.83 Å². The first-order valence-corrected chi connectivity index (χ1v) is 10.8. The fraction of sp³-hybridized carbons (Fsp3) is 0.600. The molecule has 0 aliphatic rings. The van der Waals surface area contributed by atoms with Crippen LogP contribution < -0.4 is 14.8 Å². The first-order valence-electron chi connectivity index (χ1n) is 7.19. The minimum atomic E-state index is -0.584. The quantitative estimate of drug-likeness (QED) is 0.344. The van der Waals surface area contributed by atoms with Gasteiger partial charge in [-0.1, -0.05) is 45.7 Å². The molecule has 0 bridgehead atoms. The van der Waals surface area contributed by atoms with E-state index in [9.17, 15) is 5.11 Å². The molecular formula is C15H22Br5NO3. The molecule has 0 aromatic heterocycles. The van der Waals surface area contributed by atoms with E-state index in [-0.39, 0.29) is 28.4 Å². The van der Waals surface area contributed by atoms with E-state index in [0.29, 0.717) is 30.7 Å². The Morgan fingerprint density at radius 3 is 2.04 bits per heavy atom. The Morgan fingerprint density at radius 1 is 1.08 bits per heavy atom. The van der Waals surface area contributed by atoms with Gasteiger partial charge < -0.3 is 19.9 Å². The Bertz CT molecular complexity index is 490. The molecule has 0 aliphatic heterocycles. The third kappa shape index (κ3) is 9.73. The number of halogens is 5. The summed E-state index contributed by atoms with van der Waals surface area (Å²) in [6.07, 6.45) is -0.584. The summed E-state index contributed by atoms with van der Waals surface area (Å²) in [5, 5.41) is 13.9. The fourth-order valence-corrected chi connectivity index (χ4v) is 2.54. The van der Waals surface area contributed by atoms with Crippen molar-refractivity contribution in [2.24, 2.45) is 0 Å². The first-order chi connectivity index (χ1) is 10.8. The van der Waals surface area contributed by atoms with Crippen LogP contribution in [0.5, 0.6) is 11.5 Å². The van der Waals surface area contributed by atoms with E-state index < -0.39 is 6.10 Å². The molecule has 0 spiro atoms. The molecule has 4 nitrogen and oxygen atoms in total. The van der Waals surface area contributed by atoms with E-state index in [0.717, 1.165) is 14.3 Å². The summed E-state index contributed by atoms with van der Waals surface area (Å²) in [5.41, 5.74) is 0. The predicted octanol–water partition coefficient (Wildman–Crippen LogP) is 5.06. The van der Waals surface area contributed by atoms with Gasteiger partial charge in [0, 0.05) is 26.9 Å². The lowest BCUT2D eigenvalue weighted by Gasteiger charge is -2.18. The molecule has 140 valence electrons. The maximum atomic E-state index is 9.97. The molecule has 0 aliphatic carbocycles. The number of aliphatic hydroxyl groups is 1. The first kappa shape index (κ1) is 25.1. The highest BCUT2D eigenvalue weighted by molar-refractivity contribution is 9.13. The Morgan fingerprint density at radius 2 is 1.58 bits per heavy atom. The van der Waals surface area contributed by atoms with Crippen LogP contribution in [0.25, 0.3) is 0 Å². The highest BCUT2D eigenvalue weighted by Crippen LogP contribution is 2.36. The zero-order chi connectivity index (χ0) is 17.4. The summed E-state index contributed by atoms with van der Waals surface area (Å²) in [6, 6.07) is 4.01. The van der Waals surface area contributed by atoms with Crippen molar-refractivity contribution >= 4 is 80.7 Å². The Labute approximate surface area is 187 Å². The van der Waals surface area contributed by atoms with Crippen LogP contribution >= 0.6 is 80.7 Å². The fourth-order valence-electron chi connectivity index (χ4n) is 1.58. The number of ether oxygens (including phenoxy) is 2. The summed E-state index contributed by atoms with van der Waals surface area (Å²) in [5.74, 6) is 1.23. The summed E-state index contributed by atoms with van der Waals surface area (Å²) < 4.78 is 13.3. The number of hydrogen-bond donors (Lipinski definition) is 2. The molecule has 9 heteroatoms. The lowest BCUT2D eigenvalue weighted by Crippen LogP contribution is -2.35. The van der Waals surface area contributed by atoms with E-state index in [1.54, 1.807) is 0 Å². The Hall–Kier alpha value is 1.14. The lowest BCUT2D eigenvalue weighted by atomic mass is 10.3. The molecule has 1 aromatic rings. The second kappa shape index (κ2) is 13.3. The van der Waals surface area contributed by atoms with Crippen molar-refractivity contribution in [3.8, 4) is 11.5 Å². The van der Waals surface area contributed by atoms with Gasteiger partial charge in [0.15, 0.2) is 11.5 Å². The molecule has 0 saturated heterocycles. The van der Waals surface area contributed by atoms with E-state index in [2.05, 4.69) is 69.0 Å². The molecule has 1 aromatic carbocycles. The molecule has 0 saturated carbocycles. The van der Waals surface area contributed by atoms with Gasteiger partial charge in [0.1, 0.15) is 19.3 Å². The van der Waals surface area contributed by atoms with Crippen molar-refractivity contribution in [1.82, 2.24) is 5.32 Å². The molecule has 0 radical (unpaired) electrons. The van der Waals surface area contributed by atoms with Crippen molar-refractivity contribution in [1.29, 1.82) is 0 Å². The van der Waals surface area contributed by atoms with Crippen LogP contribution in [0.15, 0.2) is 21.1 Å². The molecule has 1 rings (SSSR count). The molecular weight excluding hydrogens is 642 g/mol. The predicted molar refractivity (Wildman–Crippen MR) is 119 cm³/mol. The van der Waals surface area contributed by atoms with Gasteiger partial charge in [-0.25, -0.2) is 0 Å². The van der Waals surface area contributed by atoms with E-state index in [1.807, 2.05) is 26.0 Å². The Kier molecular flexibility index (Phi) is 14.0. The van der Waals surface area contributed by atoms with Crippen LogP contribution in [0, 0.1) is 0 Å². The molecule has 2 unspecified atom stereocenters. The number of benzene rings is 1. The number of nitrogens with one attached hydrogen (secondary N) is 1. The van der Waals surface area contributed by atoms with Crippen LogP contribution in [-0.4, -0.2) is 47.2 Å². The van der Waals surface area contributed by atoms with Crippen LogP contribution in [0.3, 0.4) is 0 Å². The van der Waals surface area contributed by atoms with Crippen molar-refractivity contribution in [2.45, 2.75) is 30.8 Å². The second-order valence-corrected chi connectivity index (χ2v) is 8.95. The molecule has 2 N–H and O–H groups in total. The highest BCUT2D eigenvalue weighted by Gasteiger charge is 2.14. The average Bonchev–Trinajstić information content (AvgIpc) is 2.51. The standard InChI is InChI=1S/C15H21Br4NO3.BrH/c1-9(2)20-6-11(21)8-23-15-4-13(19)12(18)3-14(15)22-7-10(17)5-16;/h3-4,9-11,20-21H,5-8H2,1-2H3;1H.